The van der Waals surface area contributed by atoms with Crippen molar-refractivity contribution in [3.05, 3.63) is 77.1 Å². The van der Waals surface area contributed by atoms with Crippen LogP contribution in [0.3, 0.4) is 0 Å². The van der Waals surface area contributed by atoms with Gasteiger partial charge in [-0.3, -0.25) is 9.10 Å². The van der Waals surface area contributed by atoms with E-state index in [0.717, 1.165) is 33.0 Å². The Morgan fingerprint density at radius 3 is 2.43 bits per heavy atom. The fourth-order valence-electron chi connectivity index (χ4n) is 3.34. The Labute approximate surface area is 180 Å². The summed E-state index contributed by atoms with van der Waals surface area (Å²) in [6.45, 7) is 1.96. The summed E-state index contributed by atoms with van der Waals surface area (Å²) in [4.78, 5) is 12.9. The molecular formula is C22H22ClFN2O3S. The van der Waals surface area contributed by atoms with Crippen LogP contribution in [0.15, 0.2) is 60.7 Å². The number of hydrogen-bond acceptors (Lipinski definition) is 3. The largest absolute Gasteiger partial charge is 0.350 e. The molecule has 0 bridgehead atoms. The van der Waals surface area contributed by atoms with Crippen LogP contribution in [0.5, 0.6) is 0 Å². The molecule has 0 aliphatic heterocycles. The first-order chi connectivity index (χ1) is 14.2. The number of fused-ring (bicyclic) bond motifs is 1. The standard InChI is InChI=1S/C22H22ClFN2O3S/c1-3-21(26(30(2,28)29)18-10-11-20(24)19(23)13-18)22(27)25-14-15-8-9-16-6-4-5-7-17(16)12-15/h4-13,21H,3,14H2,1-2H3,(H,25,27)/t21-/m0/s1. The van der Waals surface area contributed by atoms with E-state index in [1.54, 1.807) is 6.92 Å². The second-order valence-electron chi connectivity index (χ2n) is 6.98. The number of sulfonamides is 1. The molecule has 1 atom stereocenters. The van der Waals surface area contributed by atoms with Crippen molar-refractivity contribution < 1.29 is 17.6 Å². The van der Waals surface area contributed by atoms with Crippen LogP contribution in [0.1, 0.15) is 18.9 Å². The number of rotatable bonds is 7. The predicted octanol–water partition coefficient (Wildman–Crippen LogP) is 4.49. The number of anilines is 1. The predicted molar refractivity (Wildman–Crippen MR) is 119 cm³/mol. The number of nitrogens with zero attached hydrogens (tertiary/aromatic N) is 1. The van der Waals surface area contributed by atoms with Crippen molar-refractivity contribution in [2.75, 3.05) is 10.6 Å². The Kier molecular flexibility index (Phi) is 6.63. The van der Waals surface area contributed by atoms with Gasteiger partial charge >= 0.3 is 0 Å². The minimum Gasteiger partial charge on any atom is -0.350 e. The highest BCUT2D eigenvalue weighted by molar-refractivity contribution is 7.92. The summed E-state index contributed by atoms with van der Waals surface area (Å²) < 4.78 is 39.4. The third-order valence-electron chi connectivity index (χ3n) is 4.77. The Hall–Kier alpha value is -2.64. The van der Waals surface area contributed by atoms with Crippen molar-refractivity contribution in [3.8, 4) is 0 Å². The smallest absolute Gasteiger partial charge is 0.244 e. The van der Waals surface area contributed by atoms with Crippen molar-refractivity contribution in [2.24, 2.45) is 0 Å². The molecule has 5 nitrogen and oxygen atoms in total. The molecule has 0 spiro atoms. The number of carbonyl (C=O) groups is 1. The van der Waals surface area contributed by atoms with E-state index in [4.69, 9.17) is 11.6 Å². The second kappa shape index (κ2) is 9.02. The minimum absolute atomic E-state index is 0.136. The molecule has 0 heterocycles. The van der Waals surface area contributed by atoms with E-state index in [-0.39, 0.29) is 23.7 Å². The third kappa shape index (κ3) is 4.91. The van der Waals surface area contributed by atoms with Crippen LogP contribution in [0.2, 0.25) is 5.02 Å². The summed E-state index contributed by atoms with van der Waals surface area (Å²) in [7, 11) is -3.82. The Morgan fingerprint density at radius 2 is 1.80 bits per heavy atom. The molecule has 1 amide bonds. The number of halogens is 2. The fourth-order valence-corrected chi connectivity index (χ4v) is 4.72. The van der Waals surface area contributed by atoms with Crippen LogP contribution < -0.4 is 9.62 Å². The highest BCUT2D eigenvalue weighted by atomic mass is 35.5. The SMILES string of the molecule is CC[C@@H](C(=O)NCc1ccc2ccccc2c1)N(c1ccc(F)c(Cl)c1)S(C)(=O)=O. The van der Waals surface area contributed by atoms with E-state index < -0.39 is 27.8 Å². The van der Waals surface area contributed by atoms with Gasteiger partial charge in [0.2, 0.25) is 15.9 Å². The molecule has 0 saturated carbocycles. The molecule has 0 fully saturated rings. The zero-order chi connectivity index (χ0) is 21.9. The lowest BCUT2D eigenvalue weighted by atomic mass is 10.1. The van der Waals surface area contributed by atoms with Gasteiger partial charge < -0.3 is 5.32 Å². The molecule has 1 N–H and O–H groups in total. The van der Waals surface area contributed by atoms with Gasteiger partial charge in [-0.1, -0.05) is 54.9 Å². The maximum absolute atomic E-state index is 13.5. The first-order valence-electron chi connectivity index (χ1n) is 9.40. The van der Waals surface area contributed by atoms with Crippen LogP contribution >= 0.6 is 11.6 Å². The minimum atomic E-state index is -3.82. The molecule has 8 heteroatoms. The van der Waals surface area contributed by atoms with Crippen molar-refractivity contribution >= 4 is 44.0 Å². The van der Waals surface area contributed by atoms with E-state index in [1.165, 1.54) is 12.1 Å². The van der Waals surface area contributed by atoms with Gasteiger partial charge in [-0.15, -0.1) is 0 Å². The lowest BCUT2D eigenvalue weighted by molar-refractivity contribution is -0.122. The number of nitrogens with one attached hydrogen (secondary N) is 1. The zero-order valence-corrected chi connectivity index (χ0v) is 18.2. The lowest BCUT2D eigenvalue weighted by Crippen LogP contribution is -2.49. The molecule has 0 aliphatic carbocycles. The van der Waals surface area contributed by atoms with Gasteiger partial charge in [0.25, 0.3) is 0 Å². The van der Waals surface area contributed by atoms with Crippen LogP contribution in [-0.2, 0) is 21.4 Å². The topological polar surface area (TPSA) is 66.5 Å². The molecule has 158 valence electrons. The van der Waals surface area contributed by atoms with E-state index in [1.807, 2.05) is 42.5 Å². The first kappa shape index (κ1) is 22.1. The number of carbonyl (C=O) groups excluding carboxylic acids is 1. The average molecular weight is 449 g/mol. The van der Waals surface area contributed by atoms with Crippen LogP contribution in [0.4, 0.5) is 10.1 Å². The highest BCUT2D eigenvalue weighted by Gasteiger charge is 2.31. The quantitative estimate of drug-likeness (QED) is 0.579. The maximum atomic E-state index is 13.5. The number of hydrogen-bond donors (Lipinski definition) is 1. The maximum Gasteiger partial charge on any atom is 0.244 e. The van der Waals surface area contributed by atoms with Crippen molar-refractivity contribution in [2.45, 2.75) is 25.9 Å². The summed E-state index contributed by atoms with van der Waals surface area (Å²) >= 11 is 5.83. The van der Waals surface area contributed by atoms with E-state index in [9.17, 15) is 17.6 Å². The molecule has 0 aromatic heterocycles. The summed E-state index contributed by atoms with van der Waals surface area (Å²) in [5.41, 5.74) is 1.03. The summed E-state index contributed by atoms with van der Waals surface area (Å²) in [6.07, 6.45) is 1.23. The van der Waals surface area contributed by atoms with Gasteiger partial charge in [-0.25, -0.2) is 12.8 Å². The lowest BCUT2D eigenvalue weighted by Gasteiger charge is -2.30. The van der Waals surface area contributed by atoms with E-state index in [2.05, 4.69) is 5.32 Å². The van der Waals surface area contributed by atoms with Crippen molar-refractivity contribution in [1.29, 1.82) is 0 Å². The molecule has 0 saturated heterocycles. The Balaban J connectivity index is 1.83. The van der Waals surface area contributed by atoms with Crippen LogP contribution in [0.25, 0.3) is 10.8 Å². The zero-order valence-electron chi connectivity index (χ0n) is 16.6. The van der Waals surface area contributed by atoms with Gasteiger partial charge in [0.1, 0.15) is 11.9 Å². The fraction of sp³-hybridized carbons (Fsp3) is 0.227. The van der Waals surface area contributed by atoms with Gasteiger partial charge in [-0.05, 0) is 47.0 Å². The first-order valence-corrected chi connectivity index (χ1v) is 11.6. The average Bonchev–Trinajstić information content (AvgIpc) is 2.71. The normalized spacial score (nSPS) is 12.5. The van der Waals surface area contributed by atoms with Crippen molar-refractivity contribution in [1.82, 2.24) is 5.32 Å². The van der Waals surface area contributed by atoms with E-state index in [0.29, 0.717) is 0 Å². The monoisotopic (exact) mass is 448 g/mol. The van der Waals surface area contributed by atoms with Crippen LogP contribution in [-0.4, -0.2) is 26.6 Å². The third-order valence-corrected chi connectivity index (χ3v) is 6.24. The molecular weight excluding hydrogens is 427 g/mol. The molecule has 30 heavy (non-hydrogen) atoms. The van der Waals surface area contributed by atoms with Crippen LogP contribution in [0, 0.1) is 5.82 Å². The molecule has 0 radical (unpaired) electrons. The van der Waals surface area contributed by atoms with Gasteiger partial charge in [0.15, 0.2) is 0 Å². The van der Waals surface area contributed by atoms with Gasteiger partial charge in [-0.2, -0.15) is 0 Å². The molecule has 3 aromatic carbocycles. The molecule has 0 aliphatic rings. The summed E-state index contributed by atoms with van der Waals surface area (Å²) in [5, 5.41) is 4.74. The van der Waals surface area contributed by atoms with Crippen molar-refractivity contribution in [3.63, 3.8) is 0 Å². The number of amides is 1. The molecule has 0 unspecified atom stereocenters. The van der Waals surface area contributed by atoms with E-state index >= 15 is 0 Å². The summed E-state index contributed by atoms with van der Waals surface area (Å²) in [5.74, 6) is -1.11. The Bertz CT molecular complexity index is 1180. The molecule has 3 rings (SSSR count). The Morgan fingerprint density at radius 1 is 1.10 bits per heavy atom. The van der Waals surface area contributed by atoms with Gasteiger partial charge in [0, 0.05) is 6.54 Å². The summed E-state index contributed by atoms with van der Waals surface area (Å²) in [6, 6.07) is 16.3. The highest BCUT2D eigenvalue weighted by Crippen LogP contribution is 2.27. The number of benzene rings is 3. The molecule has 3 aromatic rings. The second-order valence-corrected chi connectivity index (χ2v) is 9.25. The van der Waals surface area contributed by atoms with Gasteiger partial charge in [0.05, 0.1) is 17.0 Å².